The Hall–Kier alpha value is -1.84. The summed E-state index contributed by atoms with van der Waals surface area (Å²) in [6.45, 7) is 8.59. The highest BCUT2D eigenvalue weighted by Gasteiger charge is 2.34. The molecule has 1 aromatic carbocycles. The smallest absolute Gasteiger partial charge is 0.174 e. The molecule has 0 fully saturated rings. The molecule has 19 heavy (non-hydrogen) atoms. The normalized spacial score (nSPS) is 18.2. The average molecular weight is 256 g/mol. The maximum Gasteiger partial charge on any atom is 0.174 e. The lowest BCUT2D eigenvalue weighted by molar-refractivity contribution is 0.620. The fraction of sp³-hybridized carbons (Fsp3) is 0.467. The highest BCUT2D eigenvalue weighted by molar-refractivity contribution is 5.83. The van der Waals surface area contributed by atoms with Crippen molar-refractivity contribution in [3.8, 4) is 0 Å². The molecule has 3 rings (SSSR count). The van der Waals surface area contributed by atoms with E-state index < -0.39 is 0 Å². The number of fused-ring (bicyclic) bond motifs is 2. The number of rotatable bonds is 3. The molecule has 0 radical (unpaired) electrons. The van der Waals surface area contributed by atoms with Gasteiger partial charge in [0.05, 0.1) is 11.0 Å². The molecule has 1 atom stereocenters. The standard InChI is InChI=1S/C15H20N4/c1-4-10-19-11(3)18(5-2)14-15(19)17-13-9-7-6-8-12(13)16-14/h6-9,11H,4-5,10H2,1-3H3/t11-/m0/s1. The van der Waals surface area contributed by atoms with Gasteiger partial charge < -0.3 is 9.80 Å². The first-order chi connectivity index (χ1) is 9.26. The molecule has 1 aliphatic rings. The van der Waals surface area contributed by atoms with Crippen LogP contribution in [-0.4, -0.2) is 29.2 Å². The number of aromatic nitrogens is 2. The van der Waals surface area contributed by atoms with Gasteiger partial charge in [0.1, 0.15) is 6.17 Å². The van der Waals surface area contributed by atoms with Gasteiger partial charge in [0.25, 0.3) is 0 Å². The quantitative estimate of drug-likeness (QED) is 0.845. The van der Waals surface area contributed by atoms with Gasteiger partial charge in [-0.1, -0.05) is 19.1 Å². The van der Waals surface area contributed by atoms with Gasteiger partial charge in [0.2, 0.25) is 0 Å². The molecule has 100 valence electrons. The van der Waals surface area contributed by atoms with Crippen molar-refractivity contribution in [2.75, 3.05) is 22.9 Å². The molecule has 2 heterocycles. The van der Waals surface area contributed by atoms with Crippen LogP contribution in [0.5, 0.6) is 0 Å². The van der Waals surface area contributed by atoms with E-state index in [0.29, 0.717) is 6.17 Å². The largest absolute Gasteiger partial charge is 0.334 e. The van der Waals surface area contributed by atoms with Crippen molar-refractivity contribution >= 4 is 22.7 Å². The van der Waals surface area contributed by atoms with Crippen LogP contribution in [0.4, 0.5) is 11.6 Å². The number of nitrogens with zero attached hydrogens (tertiary/aromatic N) is 4. The summed E-state index contributed by atoms with van der Waals surface area (Å²) in [7, 11) is 0. The first-order valence-electron chi connectivity index (χ1n) is 7.06. The molecule has 0 bridgehead atoms. The third-order valence-electron chi connectivity index (χ3n) is 3.79. The highest BCUT2D eigenvalue weighted by atomic mass is 15.5. The van der Waals surface area contributed by atoms with E-state index in [2.05, 4.69) is 30.6 Å². The number of benzene rings is 1. The Kier molecular flexibility index (Phi) is 3.01. The molecule has 0 saturated carbocycles. The van der Waals surface area contributed by atoms with Crippen molar-refractivity contribution in [2.45, 2.75) is 33.4 Å². The molecule has 4 nitrogen and oxygen atoms in total. The summed E-state index contributed by atoms with van der Waals surface area (Å²) in [4.78, 5) is 14.3. The van der Waals surface area contributed by atoms with Crippen molar-refractivity contribution in [1.82, 2.24) is 9.97 Å². The first-order valence-corrected chi connectivity index (χ1v) is 7.06. The Morgan fingerprint density at radius 3 is 2.11 bits per heavy atom. The third-order valence-corrected chi connectivity index (χ3v) is 3.79. The Morgan fingerprint density at radius 1 is 1.00 bits per heavy atom. The van der Waals surface area contributed by atoms with Crippen LogP contribution in [0.3, 0.4) is 0 Å². The first kappa shape index (κ1) is 12.2. The maximum atomic E-state index is 4.83. The topological polar surface area (TPSA) is 32.3 Å². The van der Waals surface area contributed by atoms with E-state index in [1.165, 1.54) is 0 Å². The van der Waals surface area contributed by atoms with Gasteiger partial charge in [-0.05, 0) is 32.4 Å². The zero-order valence-electron chi connectivity index (χ0n) is 11.8. The number of hydrogen-bond donors (Lipinski definition) is 0. The zero-order chi connectivity index (χ0) is 13.4. The zero-order valence-corrected chi connectivity index (χ0v) is 11.8. The monoisotopic (exact) mass is 256 g/mol. The Morgan fingerprint density at radius 2 is 1.58 bits per heavy atom. The van der Waals surface area contributed by atoms with Crippen molar-refractivity contribution in [2.24, 2.45) is 0 Å². The second-order valence-corrected chi connectivity index (χ2v) is 4.97. The molecule has 0 unspecified atom stereocenters. The third kappa shape index (κ3) is 1.82. The highest BCUT2D eigenvalue weighted by Crippen LogP contribution is 2.37. The summed E-state index contributed by atoms with van der Waals surface area (Å²) >= 11 is 0. The van der Waals surface area contributed by atoms with Crippen LogP contribution in [0.15, 0.2) is 24.3 Å². The van der Waals surface area contributed by atoms with Crippen molar-refractivity contribution in [3.63, 3.8) is 0 Å². The summed E-state index contributed by atoms with van der Waals surface area (Å²) in [5, 5.41) is 0. The van der Waals surface area contributed by atoms with E-state index in [0.717, 1.165) is 42.2 Å². The molecule has 0 spiro atoms. The minimum atomic E-state index is 0.344. The van der Waals surface area contributed by atoms with Gasteiger partial charge in [-0.25, -0.2) is 9.97 Å². The van der Waals surface area contributed by atoms with Crippen molar-refractivity contribution in [1.29, 1.82) is 0 Å². The molecule has 1 aromatic heterocycles. The Balaban J connectivity index is 2.17. The SMILES string of the molecule is CCCN1c2nc3ccccc3nc2N(CC)[C@@H]1C. The Labute approximate surface area is 114 Å². The van der Waals surface area contributed by atoms with E-state index in [4.69, 9.17) is 9.97 Å². The van der Waals surface area contributed by atoms with Gasteiger partial charge in [-0.15, -0.1) is 0 Å². The summed E-state index contributed by atoms with van der Waals surface area (Å²) in [6, 6.07) is 8.10. The average Bonchev–Trinajstić information content (AvgIpc) is 2.69. The molecule has 0 N–H and O–H groups in total. The summed E-state index contributed by atoms with van der Waals surface area (Å²) < 4.78 is 0. The van der Waals surface area contributed by atoms with E-state index >= 15 is 0 Å². The van der Waals surface area contributed by atoms with Crippen LogP contribution in [0.1, 0.15) is 27.2 Å². The van der Waals surface area contributed by atoms with Gasteiger partial charge in [-0.2, -0.15) is 0 Å². The lowest BCUT2D eigenvalue weighted by Gasteiger charge is -2.27. The van der Waals surface area contributed by atoms with Crippen LogP contribution < -0.4 is 9.80 Å². The lowest BCUT2D eigenvalue weighted by atomic mass is 10.3. The van der Waals surface area contributed by atoms with E-state index in [-0.39, 0.29) is 0 Å². The summed E-state index contributed by atoms with van der Waals surface area (Å²) in [6.07, 6.45) is 1.47. The van der Waals surface area contributed by atoms with Gasteiger partial charge in [-0.3, -0.25) is 0 Å². The van der Waals surface area contributed by atoms with Gasteiger partial charge in [0.15, 0.2) is 11.6 Å². The van der Waals surface area contributed by atoms with Gasteiger partial charge >= 0.3 is 0 Å². The van der Waals surface area contributed by atoms with Crippen LogP contribution in [0.2, 0.25) is 0 Å². The van der Waals surface area contributed by atoms with Crippen LogP contribution >= 0.6 is 0 Å². The maximum absolute atomic E-state index is 4.83. The van der Waals surface area contributed by atoms with Crippen molar-refractivity contribution in [3.05, 3.63) is 24.3 Å². The molecular formula is C15H20N4. The van der Waals surface area contributed by atoms with Crippen LogP contribution in [0, 0.1) is 0 Å². The number of para-hydroxylation sites is 2. The molecule has 4 heteroatoms. The van der Waals surface area contributed by atoms with E-state index in [1.807, 2.05) is 24.3 Å². The molecule has 0 aliphatic carbocycles. The van der Waals surface area contributed by atoms with Gasteiger partial charge in [0, 0.05) is 13.1 Å². The van der Waals surface area contributed by atoms with Crippen LogP contribution in [-0.2, 0) is 0 Å². The van der Waals surface area contributed by atoms with Crippen LogP contribution in [0.25, 0.3) is 11.0 Å². The second-order valence-electron chi connectivity index (χ2n) is 4.97. The van der Waals surface area contributed by atoms with E-state index in [9.17, 15) is 0 Å². The lowest BCUT2D eigenvalue weighted by Crippen LogP contribution is -2.41. The minimum Gasteiger partial charge on any atom is -0.334 e. The fourth-order valence-corrected chi connectivity index (χ4v) is 2.84. The van der Waals surface area contributed by atoms with Crippen molar-refractivity contribution < 1.29 is 0 Å². The summed E-state index contributed by atoms with van der Waals surface area (Å²) in [5.41, 5.74) is 1.96. The van der Waals surface area contributed by atoms with E-state index in [1.54, 1.807) is 0 Å². The Bertz CT molecular complexity index is 596. The number of hydrogen-bond acceptors (Lipinski definition) is 4. The second kappa shape index (κ2) is 4.68. The predicted molar refractivity (Wildman–Crippen MR) is 79.7 cm³/mol. The molecule has 2 aromatic rings. The molecule has 1 aliphatic heterocycles. The molecule has 0 saturated heterocycles. The number of anilines is 2. The molecular weight excluding hydrogens is 236 g/mol. The fourth-order valence-electron chi connectivity index (χ4n) is 2.84. The predicted octanol–water partition coefficient (Wildman–Crippen LogP) is 3.03. The minimum absolute atomic E-state index is 0.344. The summed E-state index contributed by atoms with van der Waals surface area (Å²) in [5.74, 6) is 2.07. The molecule has 0 amide bonds.